The van der Waals surface area contributed by atoms with E-state index in [0.29, 0.717) is 21.2 Å². The molecule has 0 unspecified atom stereocenters. The molecule has 0 aliphatic carbocycles. The summed E-state index contributed by atoms with van der Waals surface area (Å²) in [5, 5.41) is 3.94. The van der Waals surface area contributed by atoms with Crippen LogP contribution < -0.4 is 10.0 Å². The van der Waals surface area contributed by atoms with Gasteiger partial charge in [0.05, 0.1) is 9.92 Å². The minimum absolute atomic E-state index is 0.121. The number of hydrogen-bond donors (Lipinski definition) is 2. The number of sulfonamides is 1. The highest BCUT2D eigenvalue weighted by Crippen LogP contribution is 2.35. The molecule has 1 amide bonds. The molecular weight excluding hydrogens is 380 g/mol. The fourth-order valence-electron chi connectivity index (χ4n) is 2.43. The van der Waals surface area contributed by atoms with Crippen molar-refractivity contribution in [2.24, 2.45) is 0 Å². The molecular formula is C17H15ClN2O3S2. The second-order valence-electron chi connectivity index (χ2n) is 5.38. The first-order chi connectivity index (χ1) is 11.8. The Balaban J connectivity index is 1.95. The van der Waals surface area contributed by atoms with E-state index in [1.165, 1.54) is 24.5 Å². The molecule has 0 radical (unpaired) electrons. The van der Waals surface area contributed by atoms with Gasteiger partial charge in [0.15, 0.2) is 0 Å². The number of fused-ring (bicyclic) bond motifs is 1. The molecule has 25 heavy (non-hydrogen) atoms. The second-order valence-corrected chi connectivity index (χ2v) is 8.67. The van der Waals surface area contributed by atoms with E-state index in [1.54, 1.807) is 19.1 Å². The lowest BCUT2D eigenvalue weighted by molar-refractivity contribution is 0.103. The Bertz CT molecular complexity index is 1070. The number of aryl methyl sites for hydroxylation is 1. The number of amides is 1. The Labute approximate surface area is 154 Å². The van der Waals surface area contributed by atoms with Gasteiger partial charge in [-0.3, -0.25) is 4.79 Å². The molecule has 3 rings (SSSR count). The molecule has 0 fully saturated rings. The van der Waals surface area contributed by atoms with Gasteiger partial charge in [-0.1, -0.05) is 35.9 Å². The van der Waals surface area contributed by atoms with Gasteiger partial charge in [-0.2, -0.15) is 0 Å². The van der Waals surface area contributed by atoms with Crippen molar-refractivity contribution in [1.29, 1.82) is 0 Å². The first-order valence-electron chi connectivity index (χ1n) is 7.36. The largest absolute Gasteiger partial charge is 0.321 e. The first-order valence-corrected chi connectivity index (χ1v) is 10.0. The van der Waals surface area contributed by atoms with E-state index in [4.69, 9.17) is 11.6 Å². The molecule has 8 heteroatoms. The minimum atomic E-state index is -3.61. The van der Waals surface area contributed by atoms with Crippen LogP contribution in [0.3, 0.4) is 0 Å². The quantitative estimate of drug-likeness (QED) is 0.701. The number of carbonyl (C=O) groups is 1. The lowest BCUT2D eigenvalue weighted by Crippen LogP contribution is -2.20. The van der Waals surface area contributed by atoms with Crippen LogP contribution in [0.4, 0.5) is 5.69 Å². The number of rotatable bonds is 4. The van der Waals surface area contributed by atoms with Crippen LogP contribution in [-0.2, 0) is 10.0 Å². The van der Waals surface area contributed by atoms with Crippen molar-refractivity contribution in [3.05, 3.63) is 57.9 Å². The summed E-state index contributed by atoms with van der Waals surface area (Å²) in [4.78, 5) is 13.1. The van der Waals surface area contributed by atoms with Crippen molar-refractivity contribution in [1.82, 2.24) is 4.72 Å². The van der Waals surface area contributed by atoms with Crippen molar-refractivity contribution in [3.8, 4) is 0 Å². The zero-order valence-electron chi connectivity index (χ0n) is 13.5. The molecule has 1 aromatic heterocycles. The smallest absolute Gasteiger partial charge is 0.267 e. The summed E-state index contributed by atoms with van der Waals surface area (Å²) in [6.45, 7) is 1.69. The van der Waals surface area contributed by atoms with Crippen molar-refractivity contribution in [2.75, 3.05) is 12.4 Å². The normalized spacial score (nSPS) is 11.6. The number of hydrogen-bond acceptors (Lipinski definition) is 4. The molecule has 2 aromatic carbocycles. The first kappa shape index (κ1) is 17.9. The molecule has 0 saturated carbocycles. The molecule has 5 nitrogen and oxygen atoms in total. The van der Waals surface area contributed by atoms with E-state index < -0.39 is 10.0 Å². The molecule has 0 bridgehead atoms. The van der Waals surface area contributed by atoms with Gasteiger partial charge in [0.25, 0.3) is 5.91 Å². The van der Waals surface area contributed by atoms with E-state index in [2.05, 4.69) is 10.0 Å². The van der Waals surface area contributed by atoms with Gasteiger partial charge in [-0.05, 0) is 37.7 Å². The Hall–Kier alpha value is -1.93. The minimum Gasteiger partial charge on any atom is -0.321 e. The van der Waals surface area contributed by atoms with E-state index in [0.717, 1.165) is 10.1 Å². The summed E-state index contributed by atoms with van der Waals surface area (Å²) in [6, 6.07) is 12.2. The van der Waals surface area contributed by atoms with Crippen LogP contribution in [0.5, 0.6) is 0 Å². The molecule has 0 aliphatic heterocycles. The summed E-state index contributed by atoms with van der Waals surface area (Å²) < 4.78 is 27.3. The number of thiophene rings is 1. The van der Waals surface area contributed by atoms with Crippen molar-refractivity contribution >= 4 is 54.6 Å². The number of anilines is 1. The molecule has 1 heterocycles. The Morgan fingerprint density at radius 2 is 1.88 bits per heavy atom. The average molecular weight is 395 g/mol. The third-order valence-electron chi connectivity index (χ3n) is 3.75. The van der Waals surface area contributed by atoms with E-state index in [9.17, 15) is 13.2 Å². The lowest BCUT2D eigenvalue weighted by Gasteiger charge is -2.10. The molecule has 130 valence electrons. The maximum atomic E-state index is 12.6. The predicted molar refractivity (Wildman–Crippen MR) is 102 cm³/mol. The van der Waals surface area contributed by atoms with Crippen LogP contribution in [0, 0.1) is 6.92 Å². The molecule has 0 atom stereocenters. The Kier molecular flexibility index (Phi) is 4.83. The van der Waals surface area contributed by atoms with Gasteiger partial charge < -0.3 is 5.32 Å². The summed E-state index contributed by atoms with van der Waals surface area (Å²) >= 11 is 7.61. The zero-order valence-corrected chi connectivity index (χ0v) is 15.8. The van der Waals surface area contributed by atoms with Crippen LogP contribution in [0.15, 0.2) is 47.4 Å². The summed E-state index contributed by atoms with van der Waals surface area (Å²) in [5.41, 5.74) is 0.977. The fourth-order valence-corrected chi connectivity index (χ4v) is 4.83. The average Bonchev–Trinajstić information content (AvgIpc) is 2.94. The highest BCUT2D eigenvalue weighted by atomic mass is 35.5. The van der Waals surface area contributed by atoms with E-state index in [1.807, 2.05) is 24.3 Å². The van der Waals surface area contributed by atoms with Crippen LogP contribution in [0.1, 0.15) is 15.2 Å². The monoisotopic (exact) mass is 394 g/mol. The number of carbonyl (C=O) groups excluding carboxylic acids is 1. The van der Waals surface area contributed by atoms with E-state index >= 15 is 0 Å². The molecule has 0 aliphatic rings. The highest BCUT2D eigenvalue weighted by molar-refractivity contribution is 7.89. The summed E-state index contributed by atoms with van der Waals surface area (Å²) in [7, 11) is -2.26. The predicted octanol–water partition coefficient (Wildman–Crippen LogP) is 4.02. The zero-order chi connectivity index (χ0) is 18.2. The van der Waals surface area contributed by atoms with Crippen LogP contribution >= 0.6 is 22.9 Å². The number of benzene rings is 2. The number of halogens is 1. The molecule has 2 N–H and O–H groups in total. The van der Waals surface area contributed by atoms with Crippen LogP contribution in [-0.4, -0.2) is 21.4 Å². The SMILES string of the molecule is CNS(=O)(=O)c1cc(NC(=O)c2sc3ccccc3c2Cl)ccc1C. The maximum Gasteiger partial charge on any atom is 0.267 e. The highest BCUT2D eigenvalue weighted by Gasteiger charge is 2.19. The molecule has 0 spiro atoms. The summed E-state index contributed by atoms with van der Waals surface area (Å²) in [6.07, 6.45) is 0. The third-order valence-corrected chi connectivity index (χ3v) is 6.98. The van der Waals surface area contributed by atoms with Crippen LogP contribution in [0.2, 0.25) is 5.02 Å². The van der Waals surface area contributed by atoms with Gasteiger partial charge >= 0.3 is 0 Å². The molecule has 3 aromatic rings. The Morgan fingerprint density at radius 3 is 2.56 bits per heavy atom. The maximum absolute atomic E-state index is 12.6. The van der Waals surface area contributed by atoms with Crippen molar-refractivity contribution in [3.63, 3.8) is 0 Å². The number of nitrogens with one attached hydrogen (secondary N) is 2. The van der Waals surface area contributed by atoms with Crippen molar-refractivity contribution in [2.45, 2.75) is 11.8 Å². The molecule has 0 saturated heterocycles. The third kappa shape index (κ3) is 3.41. The van der Waals surface area contributed by atoms with Gasteiger partial charge in [0, 0.05) is 15.8 Å². The van der Waals surface area contributed by atoms with Gasteiger partial charge in [0.1, 0.15) is 4.88 Å². The second kappa shape index (κ2) is 6.76. The standard InChI is InChI=1S/C17H15ClN2O3S2/c1-10-7-8-11(9-14(10)25(22,23)19-2)20-17(21)16-15(18)12-5-3-4-6-13(12)24-16/h3-9,19H,1-2H3,(H,20,21). The van der Waals surface area contributed by atoms with Crippen LogP contribution in [0.25, 0.3) is 10.1 Å². The lowest BCUT2D eigenvalue weighted by atomic mass is 10.2. The van der Waals surface area contributed by atoms with Gasteiger partial charge in [-0.25, -0.2) is 13.1 Å². The van der Waals surface area contributed by atoms with Crippen molar-refractivity contribution < 1.29 is 13.2 Å². The fraction of sp³-hybridized carbons (Fsp3) is 0.118. The topological polar surface area (TPSA) is 75.3 Å². The van der Waals surface area contributed by atoms with E-state index in [-0.39, 0.29) is 10.8 Å². The van der Waals surface area contributed by atoms with Gasteiger partial charge in [0.2, 0.25) is 10.0 Å². The summed E-state index contributed by atoms with van der Waals surface area (Å²) in [5.74, 6) is -0.372. The Morgan fingerprint density at radius 1 is 1.16 bits per heavy atom. The van der Waals surface area contributed by atoms with Gasteiger partial charge in [-0.15, -0.1) is 11.3 Å².